The van der Waals surface area contributed by atoms with Crippen molar-refractivity contribution in [1.82, 2.24) is 14.1 Å². The molecule has 0 spiro atoms. The van der Waals surface area contributed by atoms with Crippen LogP contribution in [0.5, 0.6) is 5.75 Å². The average molecular weight is 563 g/mol. The molecule has 5 rings (SSSR count). The van der Waals surface area contributed by atoms with Gasteiger partial charge in [0, 0.05) is 42.6 Å². The highest BCUT2D eigenvalue weighted by Crippen LogP contribution is 2.45. The lowest BCUT2D eigenvalue weighted by atomic mass is 10.2. The fraction of sp³-hybridized carbons (Fsp3) is 0.385. The Kier molecular flexibility index (Phi) is 7.47. The summed E-state index contributed by atoms with van der Waals surface area (Å²) in [7, 11) is -3.49. The fourth-order valence-corrected chi connectivity index (χ4v) is 6.99. The minimum atomic E-state index is -3.49. The summed E-state index contributed by atoms with van der Waals surface area (Å²) >= 11 is 1.27. The Bertz CT molecular complexity index is 1450. The van der Waals surface area contributed by atoms with Crippen LogP contribution in [0.15, 0.2) is 64.4 Å². The molecular formula is C26H28F2N4O4S2. The van der Waals surface area contributed by atoms with E-state index in [1.54, 1.807) is 0 Å². The molecule has 2 heterocycles. The van der Waals surface area contributed by atoms with Crippen molar-refractivity contribution in [1.29, 1.82) is 0 Å². The van der Waals surface area contributed by atoms with Gasteiger partial charge in [-0.3, -0.25) is 4.79 Å². The average Bonchev–Trinajstić information content (AvgIpc) is 3.64. The molecule has 1 aliphatic carbocycles. The van der Waals surface area contributed by atoms with E-state index in [2.05, 4.69) is 12.0 Å². The molecule has 12 heteroatoms. The molecule has 0 radical (unpaired) electrons. The maximum Gasteiger partial charge on any atom is 0.316 e. The molecule has 8 nitrogen and oxygen atoms in total. The predicted molar refractivity (Wildman–Crippen MR) is 142 cm³/mol. The van der Waals surface area contributed by atoms with Crippen LogP contribution in [0.25, 0.3) is 5.69 Å². The second-order valence-electron chi connectivity index (χ2n) is 9.88. The van der Waals surface area contributed by atoms with Crippen molar-refractivity contribution in [3.8, 4) is 11.4 Å². The minimum absolute atomic E-state index is 0.0219. The van der Waals surface area contributed by atoms with Crippen molar-refractivity contribution in [2.75, 3.05) is 42.8 Å². The number of hydrogen-bond donors (Lipinski definition) is 0. The molecule has 1 aromatic heterocycles. The highest BCUT2D eigenvalue weighted by atomic mass is 32.3. The Morgan fingerprint density at radius 3 is 2.32 bits per heavy atom. The van der Waals surface area contributed by atoms with E-state index < -0.39 is 27.2 Å². The van der Waals surface area contributed by atoms with E-state index in [-0.39, 0.29) is 35.0 Å². The first-order valence-corrected chi connectivity index (χ1v) is 14.9. The number of nitrogens with zero attached hydrogens (tertiary/aromatic N) is 4. The highest BCUT2D eigenvalue weighted by Gasteiger charge is 2.39. The van der Waals surface area contributed by atoms with Crippen molar-refractivity contribution < 1.29 is 21.9 Å². The SMILES string of the molecule is CC1(COc2c(N3CCN(S(=O)(=O)CSc4ccccc4)CC3)cnn(-c3cc(F)cc(F)c3)c2=O)CC1. The first-order valence-electron chi connectivity index (χ1n) is 12.3. The van der Waals surface area contributed by atoms with Crippen LogP contribution in [0.1, 0.15) is 19.8 Å². The molecule has 1 aliphatic heterocycles. The van der Waals surface area contributed by atoms with Gasteiger partial charge in [-0.1, -0.05) is 25.1 Å². The van der Waals surface area contributed by atoms with Crippen LogP contribution in [0.2, 0.25) is 0 Å². The van der Waals surface area contributed by atoms with E-state index in [1.807, 2.05) is 35.2 Å². The third-order valence-corrected chi connectivity index (χ3v) is 10.2. The van der Waals surface area contributed by atoms with Gasteiger partial charge in [-0.15, -0.1) is 11.8 Å². The first-order chi connectivity index (χ1) is 18.1. The zero-order valence-corrected chi connectivity index (χ0v) is 22.5. The summed E-state index contributed by atoms with van der Waals surface area (Å²) in [5.74, 6) is -1.62. The molecule has 1 saturated carbocycles. The lowest BCUT2D eigenvalue weighted by Crippen LogP contribution is -2.49. The van der Waals surface area contributed by atoms with Gasteiger partial charge >= 0.3 is 5.56 Å². The summed E-state index contributed by atoms with van der Waals surface area (Å²) in [5.41, 5.74) is -0.270. The van der Waals surface area contributed by atoms with Gasteiger partial charge in [-0.25, -0.2) is 17.2 Å². The molecule has 2 aromatic carbocycles. The highest BCUT2D eigenvalue weighted by molar-refractivity contribution is 8.11. The Morgan fingerprint density at radius 1 is 1.03 bits per heavy atom. The first kappa shape index (κ1) is 26.6. The van der Waals surface area contributed by atoms with Crippen LogP contribution in [0, 0.1) is 17.0 Å². The Balaban J connectivity index is 1.35. The van der Waals surface area contributed by atoms with Crippen molar-refractivity contribution in [3.05, 3.63) is 76.7 Å². The van der Waals surface area contributed by atoms with Crippen molar-refractivity contribution >= 4 is 27.5 Å². The summed E-state index contributed by atoms with van der Waals surface area (Å²) in [4.78, 5) is 16.2. The number of ether oxygens (including phenoxy) is 1. The zero-order chi connectivity index (χ0) is 26.9. The van der Waals surface area contributed by atoms with Gasteiger partial charge in [0.1, 0.15) is 22.4 Å². The predicted octanol–water partition coefficient (Wildman–Crippen LogP) is 3.89. The number of aromatic nitrogens is 2. The molecule has 2 aliphatic rings. The fourth-order valence-electron chi connectivity index (χ4n) is 4.18. The third-order valence-electron chi connectivity index (χ3n) is 6.77. The quantitative estimate of drug-likeness (QED) is 0.366. The number of rotatable bonds is 9. The van der Waals surface area contributed by atoms with Crippen molar-refractivity contribution in [2.24, 2.45) is 5.41 Å². The standard InChI is InChI=1S/C26H28F2N4O4S2/c1-26(7-8-26)17-36-24-23(16-29-32(25(24)33)21-14-19(27)13-20(28)15-21)30-9-11-31(12-10-30)38(34,35)18-37-22-5-3-2-4-6-22/h2-6,13-16H,7-12,17-18H2,1H3. The second kappa shape index (κ2) is 10.7. The van der Waals surface area contributed by atoms with Crippen LogP contribution in [0.4, 0.5) is 14.5 Å². The van der Waals surface area contributed by atoms with Crippen LogP contribution < -0.4 is 15.2 Å². The Hall–Kier alpha value is -2.96. The summed E-state index contributed by atoms with van der Waals surface area (Å²) < 4.78 is 61.9. The van der Waals surface area contributed by atoms with E-state index in [9.17, 15) is 22.0 Å². The van der Waals surface area contributed by atoms with E-state index in [1.165, 1.54) is 22.3 Å². The van der Waals surface area contributed by atoms with Gasteiger partial charge in [0.2, 0.25) is 15.8 Å². The number of thioether (sulfide) groups is 1. The van der Waals surface area contributed by atoms with Gasteiger partial charge < -0.3 is 9.64 Å². The van der Waals surface area contributed by atoms with E-state index in [0.717, 1.165) is 40.6 Å². The third kappa shape index (κ3) is 6.02. The van der Waals surface area contributed by atoms with Crippen LogP contribution in [0.3, 0.4) is 0 Å². The summed E-state index contributed by atoms with van der Waals surface area (Å²) in [6, 6.07) is 12.1. The normalized spacial score (nSPS) is 17.4. The summed E-state index contributed by atoms with van der Waals surface area (Å²) in [6.45, 7) is 3.54. The molecule has 0 N–H and O–H groups in total. The van der Waals surface area contributed by atoms with E-state index in [0.29, 0.717) is 25.4 Å². The van der Waals surface area contributed by atoms with Crippen LogP contribution in [-0.4, -0.2) is 60.4 Å². The largest absolute Gasteiger partial charge is 0.486 e. The van der Waals surface area contributed by atoms with Gasteiger partial charge in [0.05, 0.1) is 18.5 Å². The number of sulfonamides is 1. The van der Waals surface area contributed by atoms with E-state index in [4.69, 9.17) is 4.74 Å². The number of hydrogen-bond acceptors (Lipinski definition) is 7. The number of benzene rings is 2. The van der Waals surface area contributed by atoms with Crippen LogP contribution in [-0.2, 0) is 10.0 Å². The molecule has 0 unspecified atom stereocenters. The van der Waals surface area contributed by atoms with Crippen LogP contribution >= 0.6 is 11.8 Å². The smallest absolute Gasteiger partial charge is 0.316 e. The minimum Gasteiger partial charge on any atom is -0.486 e. The monoisotopic (exact) mass is 562 g/mol. The second-order valence-corrected chi connectivity index (χ2v) is 13.3. The summed E-state index contributed by atoms with van der Waals surface area (Å²) in [6.07, 6.45) is 3.40. The number of anilines is 1. The van der Waals surface area contributed by atoms with Crippen molar-refractivity contribution in [3.63, 3.8) is 0 Å². The summed E-state index contributed by atoms with van der Waals surface area (Å²) in [5, 5.41) is 4.11. The maximum atomic E-state index is 13.8. The number of piperazine rings is 1. The molecule has 1 saturated heterocycles. The lowest BCUT2D eigenvalue weighted by molar-refractivity contribution is 0.242. The van der Waals surface area contributed by atoms with Gasteiger partial charge in [0.15, 0.2) is 0 Å². The van der Waals surface area contributed by atoms with Crippen molar-refractivity contribution in [2.45, 2.75) is 24.7 Å². The van der Waals surface area contributed by atoms with Gasteiger partial charge in [0.25, 0.3) is 0 Å². The number of halogens is 2. The zero-order valence-electron chi connectivity index (χ0n) is 20.8. The molecular weight excluding hydrogens is 534 g/mol. The molecule has 3 aromatic rings. The van der Waals surface area contributed by atoms with E-state index >= 15 is 0 Å². The molecule has 0 amide bonds. The maximum absolute atomic E-state index is 13.8. The Labute approximate surface area is 224 Å². The molecule has 2 fully saturated rings. The molecule has 38 heavy (non-hydrogen) atoms. The molecule has 0 bridgehead atoms. The topological polar surface area (TPSA) is 84.7 Å². The lowest BCUT2D eigenvalue weighted by Gasteiger charge is -2.35. The molecule has 0 atom stereocenters. The van der Waals surface area contributed by atoms with Gasteiger partial charge in [-0.05, 0) is 37.1 Å². The molecule has 202 valence electrons. The Morgan fingerprint density at radius 2 is 1.68 bits per heavy atom. The van der Waals surface area contributed by atoms with Gasteiger partial charge in [-0.2, -0.15) is 14.1 Å².